The number of carboxylic acid groups (broad SMARTS) is 1. The van der Waals surface area contributed by atoms with Gasteiger partial charge in [0.2, 0.25) is 0 Å². The molecule has 0 aliphatic heterocycles. The van der Waals surface area contributed by atoms with Crippen molar-refractivity contribution in [3.8, 4) is 0 Å². The van der Waals surface area contributed by atoms with Gasteiger partial charge in [-0.05, 0) is 42.6 Å². The first kappa shape index (κ1) is 15.3. The average molecular weight is 305 g/mol. The van der Waals surface area contributed by atoms with Crippen LogP contribution < -0.4 is 4.90 Å². The Balaban J connectivity index is 2.33. The first-order chi connectivity index (χ1) is 10.1. The fraction of sp³-hybridized carbons (Fsp3) is 0.188. The normalized spacial score (nSPS) is 11.0. The standard InChI is InChI=1S/C16H16FNO2S/c1-2-18(11-14-4-3-9-21-14)15-7-6-13(17)10-12(15)5-8-16(19)20/h3-10H,2,11H2,1H3,(H,19,20). The molecule has 0 spiro atoms. The monoisotopic (exact) mass is 305 g/mol. The van der Waals surface area contributed by atoms with E-state index < -0.39 is 5.97 Å². The summed E-state index contributed by atoms with van der Waals surface area (Å²) in [6, 6.07) is 8.47. The van der Waals surface area contributed by atoms with Crippen LogP contribution in [0, 0.1) is 5.82 Å². The molecule has 0 radical (unpaired) electrons. The largest absolute Gasteiger partial charge is 0.478 e. The van der Waals surface area contributed by atoms with Gasteiger partial charge in [-0.2, -0.15) is 0 Å². The van der Waals surface area contributed by atoms with Gasteiger partial charge in [-0.25, -0.2) is 9.18 Å². The number of rotatable bonds is 6. The van der Waals surface area contributed by atoms with E-state index in [9.17, 15) is 9.18 Å². The Kier molecular flexibility index (Phi) is 5.11. The second-order valence-corrected chi connectivity index (χ2v) is 5.50. The Morgan fingerprint density at radius 2 is 2.24 bits per heavy atom. The Morgan fingerprint density at radius 1 is 1.43 bits per heavy atom. The lowest BCUT2D eigenvalue weighted by molar-refractivity contribution is -0.131. The highest BCUT2D eigenvalue weighted by molar-refractivity contribution is 7.09. The van der Waals surface area contributed by atoms with E-state index in [0.717, 1.165) is 18.3 Å². The van der Waals surface area contributed by atoms with Gasteiger partial charge in [-0.3, -0.25) is 0 Å². The van der Waals surface area contributed by atoms with Crippen molar-refractivity contribution in [2.24, 2.45) is 0 Å². The van der Waals surface area contributed by atoms with Crippen molar-refractivity contribution in [2.45, 2.75) is 13.5 Å². The first-order valence-electron chi connectivity index (χ1n) is 6.58. The Bertz CT molecular complexity index is 638. The molecule has 1 N–H and O–H groups in total. The van der Waals surface area contributed by atoms with Crippen molar-refractivity contribution in [1.29, 1.82) is 0 Å². The molecule has 0 atom stereocenters. The summed E-state index contributed by atoms with van der Waals surface area (Å²) < 4.78 is 13.4. The highest BCUT2D eigenvalue weighted by atomic mass is 32.1. The third-order valence-corrected chi connectivity index (χ3v) is 3.91. The second kappa shape index (κ2) is 7.04. The van der Waals surface area contributed by atoms with Crippen molar-refractivity contribution in [1.82, 2.24) is 0 Å². The maximum Gasteiger partial charge on any atom is 0.328 e. The predicted octanol–water partition coefficient (Wildman–Crippen LogP) is 4.01. The van der Waals surface area contributed by atoms with Crippen LogP contribution in [0.1, 0.15) is 17.4 Å². The van der Waals surface area contributed by atoms with Crippen molar-refractivity contribution >= 4 is 29.1 Å². The van der Waals surface area contributed by atoms with Gasteiger partial charge >= 0.3 is 5.97 Å². The van der Waals surface area contributed by atoms with Crippen molar-refractivity contribution in [3.63, 3.8) is 0 Å². The number of carbonyl (C=O) groups is 1. The van der Waals surface area contributed by atoms with E-state index in [0.29, 0.717) is 12.1 Å². The summed E-state index contributed by atoms with van der Waals surface area (Å²) in [5.74, 6) is -1.43. The van der Waals surface area contributed by atoms with Crippen LogP contribution in [0.4, 0.5) is 10.1 Å². The molecule has 0 saturated carbocycles. The molecule has 2 rings (SSSR count). The minimum atomic E-state index is -1.05. The summed E-state index contributed by atoms with van der Waals surface area (Å²) in [6.45, 7) is 3.48. The Morgan fingerprint density at radius 3 is 2.86 bits per heavy atom. The van der Waals surface area contributed by atoms with E-state index in [2.05, 4.69) is 4.90 Å². The number of nitrogens with zero attached hydrogens (tertiary/aromatic N) is 1. The minimum Gasteiger partial charge on any atom is -0.478 e. The fourth-order valence-electron chi connectivity index (χ4n) is 2.07. The van der Waals surface area contributed by atoms with E-state index in [1.54, 1.807) is 17.4 Å². The van der Waals surface area contributed by atoms with Crippen LogP contribution in [0.15, 0.2) is 41.8 Å². The summed E-state index contributed by atoms with van der Waals surface area (Å²) in [4.78, 5) is 14.0. The number of carboxylic acids is 1. The van der Waals surface area contributed by atoms with Gasteiger partial charge in [-0.15, -0.1) is 11.3 Å². The molecule has 0 amide bonds. The predicted molar refractivity (Wildman–Crippen MR) is 84.1 cm³/mol. The summed E-state index contributed by atoms with van der Waals surface area (Å²) in [7, 11) is 0. The number of thiophene rings is 1. The summed E-state index contributed by atoms with van der Waals surface area (Å²) >= 11 is 1.66. The lowest BCUT2D eigenvalue weighted by atomic mass is 10.1. The summed E-state index contributed by atoms with van der Waals surface area (Å²) in [6.07, 6.45) is 2.45. The molecule has 1 aromatic carbocycles. The van der Waals surface area contributed by atoms with E-state index in [1.807, 2.05) is 24.4 Å². The average Bonchev–Trinajstić information content (AvgIpc) is 2.96. The van der Waals surface area contributed by atoms with Crippen LogP contribution in [-0.4, -0.2) is 17.6 Å². The molecular formula is C16H16FNO2S. The number of anilines is 1. The number of hydrogen-bond acceptors (Lipinski definition) is 3. The maximum absolute atomic E-state index is 13.4. The van der Waals surface area contributed by atoms with Gasteiger partial charge in [0.25, 0.3) is 0 Å². The lowest BCUT2D eigenvalue weighted by Crippen LogP contribution is -2.22. The first-order valence-corrected chi connectivity index (χ1v) is 7.46. The zero-order valence-electron chi connectivity index (χ0n) is 11.6. The minimum absolute atomic E-state index is 0.379. The maximum atomic E-state index is 13.4. The molecule has 0 aliphatic rings. The second-order valence-electron chi connectivity index (χ2n) is 4.47. The number of halogens is 1. The van der Waals surface area contributed by atoms with Crippen LogP contribution in [0.3, 0.4) is 0 Å². The summed E-state index contributed by atoms with van der Waals surface area (Å²) in [5.41, 5.74) is 1.39. The molecule has 0 saturated heterocycles. The summed E-state index contributed by atoms with van der Waals surface area (Å²) in [5, 5.41) is 10.8. The van der Waals surface area contributed by atoms with Crippen LogP contribution in [0.2, 0.25) is 0 Å². The molecule has 21 heavy (non-hydrogen) atoms. The third-order valence-electron chi connectivity index (χ3n) is 3.04. The number of aliphatic carboxylic acids is 1. The van der Waals surface area contributed by atoms with E-state index in [4.69, 9.17) is 5.11 Å². The van der Waals surface area contributed by atoms with E-state index >= 15 is 0 Å². The number of benzene rings is 1. The van der Waals surface area contributed by atoms with E-state index in [-0.39, 0.29) is 5.82 Å². The van der Waals surface area contributed by atoms with Crippen LogP contribution in [0.5, 0.6) is 0 Å². The number of hydrogen-bond donors (Lipinski definition) is 1. The molecule has 5 heteroatoms. The molecule has 2 aromatic rings. The molecule has 0 aliphatic carbocycles. The van der Waals surface area contributed by atoms with Gasteiger partial charge in [0.15, 0.2) is 0 Å². The zero-order valence-corrected chi connectivity index (χ0v) is 12.4. The van der Waals surface area contributed by atoms with Crippen molar-refractivity contribution < 1.29 is 14.3 Å². The SMILES string of the molecule is CCN(Cc1cccs1)c1ccc(F)cc1C=CC(=O)O. The van der Waals surface area contributed by atoms with Crippen LogP contribution >= 0.6 is 11.3 Å². The Labute approximate surface area is 127 Å². The molecular weight excluding hydrogens is 289 g/mol. The van der Waals surface area contributed by atoms with Gasteiger partial charge < -0.3 is 10.0 Å². The van der Waals surface area contributed by atoms with E-state index in [1.165, 1.54) is 23.1 Å². The molecule has 0 bridgehead atoms. The van der Waals surface area contributed by atoms with Gasteiger partial charge in [0.05, 0.1) is 6.54 Å². The quantitative estimate of drug-likeness (QED) is 0.820. The molecule has 1 aromatic heterocycles. The molecule has 0 fully saturated rings. The Hall–Kier alpha value is -2.14. The highest BCUT2D eigenvalue weighted by Crippen LogP contribution is 2.25. The molecule has 1 heterocycles. The smallest absolute Gasteiger partial charge is 0.328 e. The zero-order chi connectivity index (χ0) is 15.2. The topological polar surface area (TPSA) is 40.5 Å². The molecule has 110 valence electrons. The van der Waals surface area contributed by atoms with Crippen LogP contribution in [-0.2, 0) is 11.3 Å². The van der Waals surface area contributed by atoms with Crippen molar-refractivity contribution in [2.75, 3.05) is 11.4 Å². The fourth-order valence-corrected chi connectivity index (χ4v) is 2.79. The van der Waals surface area contributed by atoms with Crippen LogP contribution in [0.25, 0.3) is 6.08 Å². The van der Waals surface area contributed by atoms with Crippen molar-refractivity contribution in [3.05, 3.63) is 58.0 Å². The highest BCUT2D eigenvalue weighted by Gasteiger charge is 2.11. The van der Waals surface area contributed by atoms with Gasteiger partial charge in [0, 0.05) is 28.7 Å². The third kappa shape index (κ3) is 4.16. The van der Waals surface area contributed by atoms with Gasteiger partial charge in [0.1, 0.15) is 5.82 Å². The molecule has 0 unspecified atom stereocenters. The molecule has 3 nitrogen and oxygen atoms in total. The van der Waals surface area contributed by atoms with Gasteiger partial charge in [-0.1, -0.05) is 6.07 Å². The lowest BCUT2D eigenvalue weighted by Gasteiger charge is -2.24.